The van der Waals surface area contributed by atoms with Crippen molar-refractivity contribution in [1.82, 2.24) is 9.38 Å². The molecule has 0 aliphatic heterocycles. The smallest absolute Gasteiger partial charge is 0.194 e. The Morgan fingerprint density at radius 2 is 2.29 bits per heavy atom. The fourth-order valence-electron chi connectivity index (χ4n) is 2.08. The Bertz CT molecular complexity index is 668. The minimum absolute atomic E-state index is 0.727. The summed E-state index contributed by atoms with van der Waals surface area (Å²) in [6, 6.07) is 6.64. The lowest BCUT2D eigenvalue weighted by atomic mass is 10.1. The van der Waals surface area contributed by atoms with E-state index >= 15 is 0 Å². The summed E-state index contributed by atoms with van der Waals surface area (Å²) in [6.07, 6.45) is 4.18. The zero-order chi connectivity index (χ0) is 11.8. The predicted octanol–water partition coefficient (Wildman–Crippen LogP) is 4.03. The number of hydrogen-bond acceptors (Lipinski definition) is 2. The van der Waals surface area contributed by atoms with Crippen LogP contribution in [0.25, 0.3) is 15.2 Å². The van der Waals surface area contributed by atoms with Crippen molar-refractivity contribution in [2.24, 2.45) is 0 Å². The first-order chi connectivity index (χ1) is 8.28. The van der Waals surface area contributed by atoms with Crippen molar-refractivity contribution in [3.8, 4) is 0 Å². The molecule has 0 aliphatic carbocycles. The van der Waals surface area contributed by atoms with E-state index < -0.39 is 0 Å². The van der Waals surface area contributed by atoms with Gasteiger partial charge in [-0.25, -0.2) is 4.98 Å². The maximum Gasteiger partial charge on any atom is 0.194 e. The Morgan fingerprint density at radius 3 is 3.12 bits per heavy atom. The van der Waals surface area contributed by atoms with Gasteiger partial charge in [-0.3, -0.25) is 4.40 Å². The number of halogens is 1. The Kier molecular flexibility index (Phi) is 2.81. The molecule has 0 atom stereocenters. The van der Waals surface area contributed by atoms with E-state index in [-0.39, 0.29) is 0 Å². The lowest BCUT2D eigenvalue weighted by molar-refractivity contribution is 0.931. The van der Waals surface area contributed by atoms with E-state index in [0.29, 0.717) is 0 Å². The van der Waals surface area contributed by atoms with E-state index in [2.05, 4.69) is 33.8 Å². The molecule has 17 heavy (non-hydrogen) atoms. The third-order valence-corrected chi connectivity index (χ3v) is 4.16. The van der Waals surface area contributed by atoms with Crippen molar-refractivity contribution in [2.45, 2.75) is 19.8 Å². The lowest BCUT2D eigenvalue weighted by Crippen LogP contribution is -1.86. The van der Waals surface area contributed by atoms with Gasteiger partial charge in [-0.2, -0.15) is 0 Å². The SMILES string of the molecule is Cc1cn2c(n1)sc1cc(CCCCl)ccc12. The highest BCUT2D eigenvalue weighted by Gasteiger charge is 2.07. The molecule has 0 amide bonds. The Hall–Kier alpha value is -1.06. The van der Waals surface area contributed by atoms with Gasteiger partial charge in [0.05, 0.1) is 15.9 Å². The van der Waals surface area contributed by atoms with Crippen LogP contribution in [0, 0.1) is 6.92 Å². The number of rotatable bonds is 3. The van der Waals surface area contributed by atoms with E-state index in [4.69, 9.17) is 11.6 Å². The molecule has 2 nitrogen and oxygen atoms in total. The molecule has 2 aromatic heterocycles. The molecule has 0 bridgehead atoms. The van der Waals surface area contributed by atoms with Gasteiger partial charge in [0.15, 0.2) is 4.96 Å². The average Bonchev–Trinajstić information content (AvgIpc) is 2.81. The molecule has 0 N–H and O–H groups in total. The molecule has 0 aliphatic rings. The van der Waals surface area contributed by atoms with Crippen molar-refractivity contribution in [3.05, 3.63) is 35.7 Å². The highest BCUT2D eigenvalue weighted by atomic mass is 35.5. The molecule has 0 saturated heterocycles. The van der Waals surface area contributed by atoms with Crippen LogP contribution in [0.5, 0.6) is 0 Å². The van der Waals surface area contributed by atoms with Gasteiger partial charge >= 0.3 is 0 Å². The second kappa shape index (κ2) is 4.31. The fraction of sp³-hybridized carbons (Fsp3) is 0.308. The van der Waals surface area contributed by atoms with Gasteiger partial charge in [0, 0.05) is 12.1 Å². The molecular weight excluding hydrogens is 252 g/mol. The first-order valence-electron chi connectivity index (χ1n) is 5.71. The second-order valence-electron chi connectivity index (χ2n) is 4.23. The molecule has 2 heterocycles. The minimum Gasteiger partial charge on any atom is -0.290 e. The van der Waals surface area contributed by atoms with E-state index in [9.17, 15) is 0 Å². The molecule has 3 rings (SSSR count). The number of alkyl halides is 1. The number of thiazole rings is 1. The molecule has 0 unspecified atom stereocenters. The molecule has 4 heteroatoms. The van der Waals surface area contributed by atoms with Crippen LogP contribution in [-0.2, 0) is 6.42 Å². The maximum absolute atomic E-state index is 5.72. The van der Waals surface area contributed by atoms with Crippen LogP contribution in [0.15, 0.2) is 24.4 Å². The standard InChI is InChI=1S/C13H13ClN2S/c1-9-8-16-11-5-4-10(3-2-6-14)7-12(11)17-13(16)15-9/h4-5,7-8H,2-3,6H2,1H3. The molecule has 88 valence electrons. The zero-order valence-corrected chi connectivity index (χ0v) is 11.2. The fourth-order valence-corrected chi connectivity index (χ4v) is 3.33. The van der Waals surface area contributed by atoms with E-state index in [0.717, 1.165) is 29.4 Å². The van der Waals surface area contributed by atoms with Crippen LogP contribution in [0.1, 0.15) is 17.7 Å². The van der Waals surface area contributed by atoms with E-state index in [1.807, 2.05) is 6.92 Å². The molecule has 0 radical (unpaired) electrons. The summed E-state index contributed by atoms with van der Waals surface area (Å²) >= 11 is 7.47. The molecule has 3 aromatic rings. The van der Waals surface area contributed by atoms with Crippen molar-refractivity contribution in [1.29, 1.82) is 0 Å². The van der Waals surface area contributed by atoms with Gasteiger partial charge in [0.25, 0.3) is 0 Å². The summed E-state index contributed by atoms with van der Waals surface area (Å²) in [5, 5.41) is 0. The first kappa shape index (κ1) is 11.1. The summed E-state index contributed by atoms with van der Waals surface area (Å²) < 4.78 is 3.47. The van der Waals surface area contributed by atoms with Gasteiger partial charge in [0.2, 0.25) is 0 Å². The van der Waals surface area contributed by atoms with Crippen LogP contribution in [0.2, 0.25) is 0 Å². The van der Waals surface area contributed by atoms with Crippen LogP contribution in [-0.4, -0.2) is 15.3 Å². The Labute approximate surface area is 109 Å². The first-order valence-corrected chi connectivity index (χ1v) is 7.06. The van der Waals surface area contributed by atoms with Crippen LogP contribution >= 0.6 is 22.9 Å². The third kappa shape index (κ3) is 1.94. The van der Waals surface area contributed by atoms with E-state index in [1.165, 1.54) is 15.8 Å². The summed E-state index contributed by atoms with van der Waals surface area (Å²) in [7, 11) is 0. The molecule has 1 aromatic carbocycles. The van der Waals surface area contributed by atoms with Gasteiger partial charge in [-0.05, 0) is 37.5 Å². The van der Waals surface area contributed by atoms with Crippen molar-refractivity contribution in [3.63, 3.8) is 0 Å². The average molecular weight is 265 g/mol. The van der Waals surface area contributed by atoms with Crippen molar-refractivity contribution >= 4 is 38.1 Å². The number of fused-ring (bicyclic) bond motifs is 3. The van der Waals surface area contributed by atoms with Gasteiger partial charge in [0.1, 0.15) is 0 Å². The number of imidazole rings is 1. The quantitative estimate of drug-likeness (QED) is 0.653. The topological polar surface area (TPSA) is 17.3 Å². The van der Waals surface area contributed by atoms with Crippen LogP contribution in [0.3, 0.4) is 0 Å². The predicted molar refractivity (Wildman–Crippen MR) is 74.4 cm³/mol. The number of aryl methyl sites for hydroxylation is 2. The zero-order valence-electron chi connectivity index (χ0n) is 9.61. The Morgan fingerprint density at radius 1 is 1.41 bits per heavy atom. The minimum atomic E-state index is 0.727. The highest BCUT2D eigenvalue weighted by molar-refractivity contribution is 7.23. The summed E-state index contributed by atoms with van der Waals surface area (Å²) in [6.45, 7) is 2.03. The molecule has 0 spiro atoms. The molecule has 0 saturated carbocycles. The number of hydrogen-bond donors (Lipinski definition) is 0. The van der Waals surface area contributed by atoms with Crippen molar-refractivity contribution in [2.75, 3.05) is 5.88 Å². The second-order valence-corrected chi connectivity index (χ2v) is 5.62. The van der Waals surface area contributed by atoms with Crippen LogP contribution < -0.4 is 0 Å². The number of nitrogens with zero attached hydrogens (tertiary/aromatic N) is 2. The van der Waals surface area contributed by atoms with Gasteiger partial charge in [-0.15, -0.1) is 11.6 Å². The third-order valence-electron chi connectivity index (χ3n) is 2.88. The summed E-state index contributed by atoms with van der Waals surface area (Å²) in [5.74, 6) is 0.727. The molecular formula is C13H13ClN2S. The van der Waals surface area contributed by atoms with E-state index in [1.54, 1.807) is 11.3 Å². The van der Waals surface area contributed by atoms with Gasteiger partial charge < -0.3 is 0 Å². The lowest BCUT2D eigenvalue weighted by Gasteiger charge is -1.99. The number of benzene rings is 1. The number of aromatic nitrogens is 2. The molecule has 0 fully saturated rings. The monoisotopic (exact) mass is 264 g/mol. The summed E-state index contributed by atoms with van der Waals surface area (Å²) in [4.78, 5) is 5.58. The van der Waals surface area contributed by atoms with Crippen molar-refractivity contribution < 1.29 is 0 Å². The van der Waals surface area contributed by atoms with Crippen LogP contribution in [0.4, 0.5) is 0 Å². The summed E-state index contributed by atoms with van der Waals surface area (Å²) in [5.41, 5.74) is 3.68. The highest BCUT2D eigenvalue weighted by Crippen LogP contribution is 2.27. The van der Waals surface area contributed by atoms with Gasteiger partial charge in [-0.1, -0.05) is 17.4 Å². The largest absolute Gasteiger partial charge is 0.290 e. The maximum atomic E-state index is 5.72. The Balaban J connectivity index is 2.10. The normalized spacial score (nSPS) is 11.6.